The Balaban J connectivity index is 1.72. The number of pyridine rings is 1. The SMILES string of the molecule is CCCNS(=O)c1ccc(NC(=O)C(Cc2ccccc2)NC(=O)c2ccc(F)cc2)cn1. The number of halogens is 1. The lowest BCUT2D eigenvalue weighted by Gasteiger charge is -2.19. The summed E-state index contributed by atoms with van der Waals surface area (Å²) >= 11 is 0. The molecule has 0 aliphatic carbocycles. The third-order valence-corrected chi connectivity index (χ3v) is 5.78. The molecule has 0 aliphatic rings. The van der Waals surface area contributed by atoms with Crippen molar-refractivity contribution in [3.8, 4) is 0 Å². The maximum atomic E-state index is 13.2. The molecule has 9 heteroatoms. The maximum absolute atomic E-state index is 13.2. The van der Waals surface area contributed by atoms with Crippen molar-refractivity contribution in [2.75, 3.05) is 11.9 Å². The monoisotopic (exact) mass is 468 g/mol. The normalized spacial score (nSPS) is 12.5. The van der Waals surface area contributed by atoms with E-state index in [0.29, 0.717) is 17.3 Å². The van der Waals surface area contributed by atoms with Gasteiger partial charge in [0.25, 0.3) is 5.91 Å². The van der Waals surface area contributed by atoms with E-state index in [4.69, 9.17) is 0 Å². The summed E-state index contributed by atoms with van der Waals surface area (Å²) < 4.78 is 28.1. The first kappa shape index (κ1) is 24.2. The highest BCUT2D eigenvalue weighted by molar-refractivity contribution is 7.83. The van der Waals surface area contributed by atoms with Crippen LogP contribution in [0.25, 0.3) is 0 Å². The van der Waals surface area contributed by atoms with Crippen LogP contribution in [0.3, 0.4) is 0 Å². The van der Waals surface area contributed by atoms with Gasteiger partial charge in [-0.15, -0.1) is 0 Å². The van der Waals surface area contributed by atoms with Crippen LogP contribution in [0.1, 0.15) is 29.3 Å². The van der Waals surface area contributed by atoms with Crippen LogP contribution >= 0.6 is 0 Å². The molecule has 7 nitrogen and oxygen atoms in total. The van der Waals surface area contributed by atoms with Gasteiger partial charge >= 0.3 is 0 Å². The Morgan fingerprint density at radius 2 is 1.76 bits per heavy atom. The second kappa shape index (κ2) is 12.0. The molecule has 1 heterocycles. The molecule has 2 unspecified atom stereocenters. The zero-order valence-corrected chi connectivity index (χ0v) is 18.9. The quantitative estimate of drug-likeness (QED) is 0.425. The van der Waals surface area contributed by atoms with Gasteiger partial charge < -0.3 is 10.6 Å². The topological polar surface area (TPSA) is 100 Å². The summed E-state index contributed by atoms with van der Waals surface area (Å²) in [5.74, 6) is -1.38. The van der Waals surface area contributed by atoms with Gasteiger partial charge in [-0.05, 0) is 48.4 Å². The predicted octanol–water partition coefficient (Wildman–Crippen LogP) is 3.22. The molecule has 0 fully saturated rings. The Kier molecular flexibility index (Phi) is 8.79. The van der Waals surface area contributed by atoms with Crippen LogP contribution in [0.5, 0.6) is 0 Å². The van der Waals surface area contributed by atoms with Crippen molar-refractivity contribution in [3.05, 3.63) is 89.9 Å². The molecular formula is C24H25FN4O3S. The van der Waals surface area contributed by atoms with Gasteiger partial charge in [-0.1, -0.05) is 37.3 Å². The molecule has 172 valence electrons. The number of anilines is 1. The molecule has 0 radical (unpaired) electrons. The van der Waals surface area contributed by atoms with E-state index in [2.05, 4.69) is 20.3 Å². The third kappa shape index (κ3) is 7.30. The van der Waals surface area contributed by atoms with Crippen LogP contribution in [0.4, 0.5) is 10.1 Å². The molecule has 3 N–H and O–H groups in total. The summed E-state index contributed by atoms with van der Waals surface area (Å²) in [6.45, 7) is 2.57. The Labute approximate surface area is 194 Å². The Morgan fingerprint density at radius 1 is 1.03 bits per heavy atom. The Morgan fingerprint density at radius 3 is 2.39 bits per heavy atom. The molecule has 3 rings (SSSR count). The van der Waals surface area contributed by atoms with Gasteiger partial charge in [-0.25, -0.2) is 18.3 Å². The van der Waals surface area contributed by atoms with Crippen molar-refractivity contribution >= 4 is 28.5 Å². The minimum Gasteiger partial charge on any atom is -0.340 e. The van der Waals surface area contributed by atoms with Crippen molar-refractivity contribution in [2.24, 2.45) is 0 Å². The van der Waals surface area contributed by atoms with Gasteiger partial charge in [0.15, 0.2) is 0 Å². The number of aromatic nitrogens is 1. The molecule has 0 saturated heterocycles. The number of amides is 2. The van der Waals surface area contributed by atoms with Crippen molar-refractivity contribution in [2.45, 2.75) is 30.8 Å². The average Bonchev–Trinajstić information content (AvgIpc) is 2.83. The van der Waals surface area contributed by atoms with E-state index in [0.717, 1.165) is 12.0 Å². The van der Waals surface area contributed by atoms with Crippen LogP contribution in [-0.4, -0.2) is 33.6 Å². The van der Waals surface area contributed by atoms with Crippen molar-refractivity contribution in [1.82, 2.24) is 15.0 Å². The molecular weight excluding hydrogens is 443 g/mol. The van der Waals surface area contributed by atoms with Gasteiger partial charge in [0.1, 0.15) is 27.9 Å². The van der Waals surface area contributed by atoms with Crippen molar-refractivity contribution in [3.63, 3.8) is 0 Å². The maximum Gasteiger partial charge on any atom is 0.251 e. The predicted molar refractivity (Wildman–Crippen MR) is 125 cm³/mol. The number of nitrogens with one attached hydrogen (secondary N) is 3. The lowest BCUT2D eigenvalue weighted by molar-refractivity contribution is -0.118. The zero-order valence-electron chi connectivity index (χ0n) is 18.1. The Hall–Kier alpha value is -3.43. The summed E-state index contributed by atoms with van der Waals surface area (Å²) in [7, 11) is -1.43. The van der Waals surface area contributed by atoms with E-state index in [1.807, 2.05) is 37.3 Å². The number of rotatable bonds is 10. The first-order valence-corrected chi connectivity index (χ1v) is 11.6. The molecule has 0 saturated carbocycles. The second-order valence-electron chi connectivity index (χ2n) is 7.26. The van der Waals surface area contributed by atoms with E-state index in [1.54, 1.807) is 12.1 Å². The molecule has 2 aromatic carbocycles. The lowest BCUT2D eigenvalue weighted by atomic mass is 10.0. The van der Waals surface area contributed by atoms with Crippen LogP contribution in [0.15, 0.2) is 78.0 Å². The average molecular weight is 469 g/mol. The smallest absolute Gasteiger partial charge is 0.251 e. The van der Waals surface area contributed by atoms with E-state index >= 15 is 0 Å². The largest absolute Gasteiger partial charge is 0.340 e. The highest BCUT2D eigenvalue weighted by Gasteiger charge is 2.22. The molecule has 33 heavy (non-hydrogen) atoms. The number of carbonyl (C=O) groups is 2. The molecule has 1 aromatic heterocycles. The van der Waals surface area contributed by atoms with Gasteiger partial charge in [0.2, 0.25) is 5.91 Å². The minimum absolute atomic E-state index is 0.246. The summed E-state index contributed by atoms with van der Waals surface area (Å²) in [5, 5.41) is 5.82. The highest BCUT2D eigenvalue weighted by Crippen LogP contribution is 2.12. The first-order chi connectivity index (χ1) is 16.0. The standard InChI is InChI=1S/C24H25FN4O3S/c1-2-14-27-33(32)22-13-12-20(16-26-22)28-24(31)21(15-17-6-4-3-5-7-17)29-23(30)18-8-10-19(25)11-9-18/h3-13,16,21,27H,2,14-15H2,1H3,(H,28,31)(H,29,30). The second-order valence-corrected chi connectivity index (χ2v) is 8.50. The number of nitrogens with zero attached hydrogens (tertiary/aromatic N) is 1. The summed E-state index contributed by atoms with van der Waals surface area (Å²) in [6, 6.07) is 16.7. The summed E-state index contributed by atoms with van der Waals surface area (Å²) in [4.78, 5) is 29.8. The number of hydrogen-bond donors (Lipinski definition) is 3. The van der Waals surface area contributed by atoms with E-state index in [-0.39, 0.29) is 12.0 Å². The fourth-order valence-corrected chi connectivity index (χ4v) is 3.84. The Bertz CT molecular complexity index is 1090. The fraction of sp³-hybridized carbons (Fsp3) is 0.208. The molecule has 0 spiro atoms. The van der Waals surface area contributed by atoms with E-state index < -0.39 is 34.7 Å². The fourth-order valence-electron chi connectivity index (χ4n) is 2.96. The number of carbonyl (C=O) groups excluding carboxylic acids is 2. The summed E-state index contributed by atoms with van der Waals surface area (Å²) in [5.41, 5.74) is 1.52. The third-order valence-electron chi connectivity index (χ3n) is 4.69. The zero-order chi connectivity index (χ0) is 23.6. The number of hydrogen-bond acceptors (Lipinski definition) is 4. The molecule has 2 amide bonds. The minimum atomic E-state index is -1.43. The van der Waals surface area contributed by atoms with E-state index in [9.17, 15) is 18.2 Å². The van der Waals surface area contributed by atoms with Crippen LogP contribution < -0.4 is 15.4 Å². The van der Waals surface area contributed by atoms with Crippen LogP contribution in [-0.2, 0) is 22.2 Å². The van der Waals surface area contributed by atoms with Crippen LogP contribution in [0, 0.1) is 5.82 Å². The van der Waals surface area contributed by atoms with Gasteiger partial charge in [0, 0.05) is 18.5 Å². The van der Waals surface area contributed by atoms with Gasteiger partial charge in [0.05, 0.1) is 11.9 Å². The molecule has 3 aromatic rings. The first-order valence-electron chi connectivity index (χ1n) is 10.5. The lowest BCUT2D eigenvalue weighted by Crippen LogP contribution is -2.45. The highest BCUT2D eigenvalue weighted by atomic mass is 32.2. The van der Waals surface area contributed by atoms with Crippen molar-refractivity contribution < 1.29 is 18.2 Å². The molecule has 0 aliphatic heterocycles. The van der Waals surface area contributed by atoms with Crippen LogP contribution in [0.2, 0.25) is 0 Å². The van der Waals surface area contributed by atoms with E-state index in [1.165, 1.54) is 30.5 Å². The molecule has 2 atom stereocenters. The van der Waals surface area contributed by atoms with Gasteiger partial charge in [-0.2, -0.15) is 0 Å². The molecule has 0 bridgehead atoms. The van der Waals surface area contributed by atoms with Gasteiger partial charge in [-0.3, -0.25) is 9.59 Å². The number of benzene rings is 2. The van der Waals surface area contributed by atoms with Crippen molar-refractivity contribution in [1.29, 1.82) is 0 Å². The summed E-state index contributed by atoms with van der Waals surface area (Å²) in [6.07, 6.45) is 2.52.